The summed E-state index contributed by atoms with van der Waals surface area (Å²) in [5.74, 6) is -1.16. The predicted octanol–water partition coefficient (Wildman–Crippen LogP) is 4.72. The predicted molar refractivity (Wildman–Crippen MR) is 139 cm³/mol. The second kappa shape index (κ2) is 9.14. The first-order chi connectivity index (χ1) is 17.9. The molecule has 4 atom stereocenters. The molecule has 2 saturated heterocycles. The molecule has 0 N–H and O–H groups in total. The van der Waals surface area contributed by atoms with Gasteiger partial charge in [0.1, 0.15) is 5.75 Å². The number of hydrogen-bond donors (Lipinski definition) is 0. The van der Waals surface area contributed by atoms with Crippen LogP contribution in [0, 0.1) is 23.7 Å². The lowest BCUT2D eigenvalue weighted by Gasteiger charge is -2.25. The van der Waals surface area contributed by atoms with Gasteiger partial charge in [-0.05, 0) is 60.9 Å². The van der Waals surface area contributed by atoms with Crippen molar-refractivity contribution in [2.75, 3.05) is 16.3 Å². The van der Waals surface area contributed by atoms with E-state index in [9.17, 15) is 19.2 Å². The molecule has 0 unspecified atom stereocenters. The normalized spacial score (nSPS) is 25.6. The van der Waals surface area contributed by atoms with E-state index >= 15 is 0 Å². The van der Waals surface area contributed by atoms with Gasteiger partial charge >= 0.3 is 5.97 Å². The largest absolute Gasteiger partial charge is 0.426 e. The highest BCUT2D eigenvalue weighted by molar-refractivity contribution is 6.22. The van der Waals surface area contributed by atoms with Crippen molar-refractivity contribution in [1.29, 1.82) is 0 Å². The molecule has 3 fully saturated rings. The van der Waals surface area contributed by atoms with Crippen molar-refractivity contribution in [3.05, 3.63) is 66.7 Å². The van der Waals surface area contributed by atoms with Crippen LogP contribution < -0.4 is 14.5 Å². The Morgan fingerprint density at radius 3 is 2.41 bits per heavy atom. The summed E-state index contributed by atoms with van der Waals surface area (Å²) in [5.41, 5.74) is 1.28. The van der Waals surface area contributed by atoms with Gasteiger partial charge in [0.15, 0.2) is 0 Å². The molecular formula is C30H28N2O5. The zero-order chi connectivity index (χ0) is 25.7. The van der Waals surface area contributed by atoms with Crippen LogP contribution in [0.3, 0.4) is 0 Å². The second-order valence-electron chi connectivity index (χ2n) is 10.5. The molecule has 3 aromatic carbocycles. The third kappa shape index (κ3) is 4.08. The molecule has 7 nitrogen and oxygen atoms in total. The minimum atomic E-state index is -0.585. The average molecular weight is 497 g/mol. The summed E-state index contributed by atoms with van der Waals surface area (Å²) in [6, 6.07) is 20.1. The highest BCUT2D eigenvalue weighted by Crippen LogP contribution is 2.42. The smallest absolute Gasteiger partial charge is 0.316 e. The van der Waals surface area contributed by atoms with Crippen LogP contribution in [0.2, 0.25) is 0 Å². The molecule has 3 amide bonds. The van der Waals surface area contributed by atoms with E-state index in [0.717, 1.165) is 35.7 Å². The topological polar surface area (TPSA) is 84.0 Å². The number of hydrogen-bond acceptors (Lipinski definition) is 5. The summed E-state index contributed by atoms with van der Waals surface area (Å²) in [4.78, 5) is 54.6. The maximum absolute atomic E-state index is 13.0. The van der Waals surface area contributed by atoms with Gasteiger partial charge in [0.25, 0.3) is 0 Å². The van der Waals surface area contributed by atoms with Crippen LogP contribution in [-0.4, -0.2) is 30.2 Å². The third-order valence-corrected chi connectivity index (χ3v) is 8.02. The van der Waals surface area contributed by atoms with E-state index in [-0.39, 0.29) is 42.5 Å². The number of esters is 1. The Morgan fingerprint density at radius 1 is 0.865 bits per heavy atom. The van der Waals surface area contributed by atoms with Gasteiger partial charge in [0, 0.05) is 18.4 Å². The fraction of sp³-hybridized carbons (Fsp3) is 0.333. The minimum Gasteiger partial charge on any atom is -0.426 e. The number of anilines is 2. The van der Waals surface area contributed by atoms with E-state index in [1.54, 1.807) is 29.2 Å². The van der Waals surface area contributed by atoms with E-state index in [1.807, 2.05) is 42.5 Å². The highest BCUT2D eigenvalue weighted by Gasteiger charge is 2.50. The van der Waals surface area contributed by atoms with Crippen LogP contribution >= 0.6 is 0 Å². The Labute approximate surface area is 215 Å². The summed E-state index contributed by atoms with van der Waals surface area (Å²) in [7, 11) is 0. The van der Waals surface area contributed by atoms with Gasteiger partial charge in [-0.2, -0.15) is 0 Å². The number of ether oxygens (including phenoxy) is 1. The molecular weight excluding hydrogens is 468 g/mol. The molecule has 1 aliphatic carbocycles. The van der Waals surface area contributed by atoms with Gasteiger partial charge in [-0.15, -0.1) is 0 Å². The van der Waals surface area contributed by atoms with Crippen molar-refractivity contribution < 1.29 is 23.9 Å². The Kier molecular flexibility index (Phi) is 5.78. The van der Waals surface area contributed by atoms with Crippen LogP contribution in [-0.2, 0) is 19.2 Å². The standard InChI is InChI=1S/C30H28N2O5/c1-18-9-14-24-25(15-18)29(35)32(28(24)34)21-10-12-22(13-11-21)37-30(36)20-16-27(33)31(17-20)26-8-4-6-19-5-2-3-7-23(19)26/h2-8,10-13,18,20,24-25H,9,14-17H2,1H3/t18-,20+,24+,25-/m1/s1. The second-order valence-corrected chi connectivity index (χ2v) is 10.5. The van der Waals surface area contributed by atoms with Gasteiger partial charge in [-0.25, -0.2) is 0 Å². The molecule has 7 heteroatoms. The maximum Gasteiger partial charge on any atom is 0.316 e. The summed E-state index contributed by atoms with van der Waals surface area (Å²) < 4.78 is 5.59. The fourth-order valence-electron chi connectivity index (χ4n) is 6.05. The van der Waals surface area contributed by atoms with Gasteiger partial charge in [0.2, 0.25) is 17.7 Å². The first-order valence-electron chi connectivity index (χ1n) is 12.9. The Morgan fingerprint density at radius 2 is 1.59 bits per heavy atom. The van der Waals surface area contributed by atoms with E-state index in [0.29, 0.717) is 17.4 Å². The van der Waals surface area contributed by atoms with Crippen LogP contribution in [0.1, 0.15) is 32.6 Å². The zero-order valence-corrected chi connectivity index (χ0v) is 20.6. The van der Waals surface area contributed by atoms with Crippen molar-refractivity contribution in [1.82, 2.24) is 0 Å². The molecule has 6 rings (SSSR count). The van der Waals surface area contributed by atoms with Crippen LogP contribution in [0.15, 0.2) is 66.7 Å². The quantitative estimate of drug-likeness (QED) is 0.296. The molecule has 0 radical (unpaired) electrons. The number of carbonyl (C=O) groups excluding carboxylic acids is 4. The van der Waals surface area contributed by atoms with E-state index in [4.69, 9.17) is 4.74 Å². The lowest BCUT2D eigenvalue weighted by atomic mass is 9.76. The first kappa shape index (κ1) is 23.4. The molecule has 0 bridgehead atoms. The number of imide groups is 1. The minimum absolute atomic E-state index is 0.0815. The fourth-order valence-corrected chi connectivity index (χ4v) is 6.05. The van der Waals surface area contributed by atoms with Gasteiger partial charge in [-0.3, -0.25) is 24.1 Å². The van der Waals surface area contributed by atoms with Crippen molar-refractivity contribution in [2.45, 2.75) is 32.6 Å². The molecule has 188 valence electrons. The van der Waals surface area contributed by atoms with Crippen LogP contribution in [0.4, 0.5) is 11.4 Å². The SMILES string of the molecule is C[C@@H]1CC[C@@H]2C(=O)N(c3ccc(OC(=O)[C@H]4CC(=O)N(c5cccc6ccccc56)C4)cc3)C(=O)[C@@H]2C1. The number of benzene rings is 3. The molecule has 2 heterocycles. The third-order valence-electron chi connectivity index (χ3n) is 8.02. The number of amides is 3. The number of carbonyl (C=O) groups is 4. The molecule has 0 aromatic heterocycles. The molecule has 0 spiro atoms. The summed E-state index contributed by atoms with van der Waals surface area (Å²) >= 11 is 0. The van der Waals surface area contributed by atoms with Crippen molar-refractivity contribution in [3.8, 4) is 5.75 Å². The van der Waals surface area contributed by atoms with Gasteiger partial charge < -0.3 is 9.64 Å². The Bertz CT molecular complexity index is 1410. The van der Waals surface area contributed by atoms with E-state index in [2.05, 4.69) is 6.92 Å². The van der Waals surface area contributed by atoms with Crippen LogP contribution in [0.5, 0.6) is 5.75 Å². The van der Waals surface area contributed by atoms with Crippen LogP contribution in [0.25, 0.3) is 10.8 Å². The molecule has 3 aliphatic rings. The maximum atomic E-state index is 13.0. The molecule has 3 aromatic rings. The van der Waals surface area contributed by atoms with E-state index in [1.165, 1.54) is 4.90 Å². The summed E-state index contributed by atoms with van der Waals surface area (Å²) in [6.07, 6.45) is 2.54. The number of rotatable bonds is 4. The monoisotopic (exact) mass is 496 g/mol. The summed E-state index contributed by atoms with van der Waals surface area (Å²) in [6.45, 7) is 2.38. The molecule has 2 aliphatic heterocycles. The lowest BCUT2D eigenvalue weighted by Crippen LogP contribution is -2.30. The zero-order valence-electron chi connectivity index (χ0n) is 20.6. The lowest BCUT2D eigenvalue weighted by molar-refractivity contribution is -0.139. The van der Waals surface area contributed by atoms with Crippen molar-refractivity contribution in [3.63, 3.8) is 0 Å². The average Bonchev–Trinajstić information content (AvgIpc) is 3.41. The van der Waals surface area contributed by atoms with Crippen molar-refractivity contribution in [2.24, 2.45) is 23.7 Å². The van der Waals surface area contributed by atoms with Gasteiger partial charge in [-0.1, -0.05) is 43.3 Å². The molecule has 1 saturated carbocycles. The summed E-state index contributed by atoms with van der Waals surface area (Å²) in [5, 5.41) is 1.99. The van der Waals surface area contributed by atoms with Crippen molar-refractivity contribution >= 4 is 45.8 Å². The Balaban J connectivity index is 1.14. The Hall–Kier alpha value is -4.00. The van der Waals surface area contributed by atoms with Gasteiger partial charge in [0.05, 0.1) is 29.1 Å². The van der Waals surface area contributed by atoms with E-state index < -0.39 is 11.9 Å². The first-order valence-corrected chi connectivity index (χ1v) is 12.9. The highest BCUT2D eigenvalue weighted by atomic mass is 16.5. The number of nitrogens with zero attached hydrogens (tertiary/aromatic N) is 2. The molecule has 37 heavy (non-hydrogen) atoms. The number of fused-ring (bicyclic) bond motifs is 2.